The Morgan fingerprint density at radius 2 is 2.00 bits per heavy atom. The average Bonchev–Trinajstić information content (AvgIpc) is 2.89. The fourth-order valence-electron chi connectivity index (χ4n) is 2.50. The van der Waals surface area contributed by atoms with Gasteiger partial charge in [-0.2, -0.15) is 8.78 Å². The van der Waals surface area contributed by atoms with E-state index in [0.717, 1.165) is 4.88 Å². The van der Waals surface area contributed by atoms with Crippen molar-refractivity contribution in [1.82, 2.24) is 0 Å². The van der Waals surface area contributed by atoms with E-state index in [9.17, 15) is 23.5 Å². The summed E-state index contributed by atoms with van der Waals surface area (Å²) in [6.45, 7) is 0.591. The van der Waals surface area contributed by atoms with Gasteiger partial charge in [-0.25, -0.2) is 4.79 Å². The predicted molar refractivity (Wildman–Crippen MR) is 93.0 cm³/mol. The minimum atomic E-state index is -3.02. The third-order valence-corrected chi connectivity index (χ3v) is 4.71. The summed E-state index contributed by atoms with van der Waals surface area (Å²) in [6, 6.07) is 3.72. The first-order chi connectivity index (χ1) is 12.3. The fourth-order valence-corrected chi connectivity index (χ4v) is 3.63. The summed E-state index contributed by atoms with van der Waals surface area (Å²) in [5.41, 5.74) is 0.841. The molecule has 0 spiro atoms. The van der Waals surface area contributed by atoms with Crippen LogP contribution in [-0.4, -0.2) is 30.7 Å². The number of hydrogen-bond donors (Lipinski definition) is 2. The number of nitrogens with one attached hydrogen (secondary N) is 1. The number of alkyl halides is 2. The highest BCUT2D eigenvalue weighted by Gasteiger charge is 2.23. The third kappa shape index (κ3) is 4.10. The molecule has 6 nitrogen and oxygen atoms in total. The zero-order valence-corrected chi connectivity index (χ0v) is 15.1. The number of carboxylic acids is 1. The molecular formula is C17H17F2NO5S. The number of anilines is 1. The summed E-state index contributed by atoms with van der Waals surface area (Å²) in [5, 5.41) is 12.2. The van der Waals surface area contributed by atoms with Gasteiger partial charge >= 0.3 is 12.6 Å². The van der Waals surface area contributed by atoms with Crippen molar-refractivity contribution < 1.29 is 33.0 Å². The van der Waals surface area contributed by atoms with Crippen molar-refractivity contribution in [2.75, 3.05) is 12.4 Å². The highest BCUT2D eigenvalue weighted by molar-refractivity contribution is 7.16. The van der Waals surface area contributed by atoms with Crippen LogP contribution in [0.5, 0.6) is 11.5 Å². The minimum Gasteiger partial charge on any atom is -0.493 e. The topological polar surface area (TPSA) is 84.9 Å². The van der Waals surface area contributed by atoms with Crippen LogP contribution in [0, 0.1) is 6.92 Å². The molecule has 2 aromatic rings. The Bertz CT molecular complexity index is 835. The Morgan fingerprint density at radius 3 is 2.54 bits per heavy atom. The van der Waals surface area contributed by atoms with E-state index in [1.165, 1.54) is 36.6 Å². The summed E-state index contributed by atoms with van der Waals surface area (Å²) in [7, 11) is 1.26. The molecule has 0 fully saturated rings. The average molecular weight is 385 g/mol. The second kappa shape index (κ2) is 8.13. The number of carboxylic acid groups (broad SMARTS) is 1. The van der Waals surface area contributed by atoms with Gasteiger partial charge in [0.1, 0.15) is 5.00 Å². The lowest BCUT2D eigenvalue weighted by Gasteiger charge is -2.11. The molecule has 1 aromatic heterocycles. The van der Waals surface area contributed by atoms with Crippen LogP contribution in [-0.2, 0) is 6.42 Å². The van der Waals surface area contributed by atoms with Crippen LogP contribution in [0.15, 0.2) is 18.2 Å². The van der Waals surface area contributed by atoms with E-state index in [0.29, 0.717) is 12.0 Å². The van der Waals surface area contributed by atoms with Gasteiger partial charge in [0.05, 0.1) is 12.7 Å². The maximum absolute atomic E-state index is 12.5. The van der Waals surface area contributed by atoms with E-state index in [1.807, 2.05) is 6.92 Å². The molecule has 1 aromatic carbocycles. The van der Waals surface area contributed by atoms with Gasteiger partial charge in [0.15, 0.2) is 11.5 Å². The molecular weight excluding hydrogens is 368 g/mol. The van der Waals surface area contributed by atoms with Crippen LogP contribution in [0.3, 0.4) is 0 Å². The number of carbonyl (C=O) groups excluding carboxylic acids is 1. The zero-order valence-electron chi connectivity index (χ0n) is 14.3. The molecule has 0 aliphatic carbocycles. The maximum Gasteiger partial charge on any atom is 0.387 e. The highest BCUT2D eigenvalue weighted by atomic mass is 32.1. The van der Waals surface area contributed by atoms with Crippen molar-refractivity contribution in [3.8, 4) is 11.5 Å². The number of thiophene rings is 1. The molecule has 26 heavy (non-hydrogen) atoms. The second-order valence-corrected chi connectivity index (χ2v) is 6.42. The monoisotopic (exact) mass is 385 g/mol. The molecule has 0 radical (unpaired) electrons. The highest BCUT2D eigenvalue weighted by Crippen LogP contribution is 2.34. The van der Waals surface area contributed by atoms with Crippen molar-refractivity contribution in [2.24, 2.45) is 0 Å². The Morgan fingerprint density at radius 1 is 1.31 bits per heavy atom. The molecule has 1 amide bonds. The smallest absolute Gasteiger partial charge is 0.387 e. The van der Waals surface area contributed by atoms with Crippen molar-refractivity contribution in [2.45, 2.75) is 26.9 Å². The van der Waals surface area contributed by atoms with Gasteiger partial charge < -0.3 is 19.9 Å². The summed E-state index contributed by atoms with van der Waals surface area (Å²) in [4.78, 5) is 24.8. The number of halogens is 2. The summed E-state index contributed by atoms with van der Waals surface area (Å²) in [6.07, 6.45) is 0.521. The minimum absolute atomic E-state index is 0.0342. The van der Waals surface area contributed by atoms with Crippen LogP contribution in [0.4, 0.5) is 13.8 Å². The van der Waals surface area contributed by atoms with Crippen molar-refractivity contribution >= 4 is 28.2 Å². The molecule has 0 bridgehead atoms. The Kier molecular flexibility index (Phi) is 6.14. The van der Waals surface area contributed by atoms with Gasteiger partial charge in [0.2, 0.25) is 0 Å². The number of hydrogen-bond acceptors (Lipinski definition) is 5. The van der Waals surface area contributed by atoms with E-state index in [4.69, 9.17) is 4.74 Å². The number of ether oxygens (including phenoxy) is 2. The molecule has 0 aliphatic heterocycles. The molecule has 0 saturated heterocycles. The largest absolute Gasteiger partial charge is 0.493 e. The van der Waals surface area contributed by atoms with Gasteiger partial charge in [0, 0.05) is 10.4 Å². The number of aryl methyl sites for hydroxylation is 1. The van der Waals surface area contributed by atoms with E-state index >= 15 is 0 Å². The van der Waals surface area contributed by atoms with Gasteiger partial charge in [-0.3, -0.25) is 4.79 Å². The molecule has 9 heteroatoms. The molecule has 140 valence electrons. The molecule has 2 N–H and O–H groups in total. The van der Waals surface area contributed by atoms with E-state index in [-0.39, 0.29) is 27.6 Å². The SMILES string of the molecule is CCc1c(C)sc(NC(=O)c2ccc(OC(F)F)c(OC)c2)c1C(=O)O. The Hall–Kier alpha value is -2.68. The standard InChI is InChI=1S/C17H17F2NO5S/c1-4-10-8(2)26-15(13(10)16(22)23)20-14(21)9-5-6-11(25-17(18)19)12(7-9)24-3/h5-7,17H,4H2,1-3H3,(H,20,21)(H,22,23). The van der Waals surface area contributed by atoms with Crippen LogP contribution in [0.2, 0.25) is 0 Å². The Balaban J connectivity index is 2.32. The van der Waals surface area contributed by atoms with Gasteiger partial charge in [-0.15, -0.1) is 11.3 Å². The number of amides is 1. The predicted octanol–water partition coefficient (Wildman–Crippen LogP) is 4.18. The van der Waals surface area contributed by atoms with Crippen molar-refractivity contribution in [1.29, 1.82) is 0 Å². The lowest BCUT2D eigenvalue weighted by Crippen LogP contribution is -2.14. The fraction of sp³-hybridized carbons (Fsp3) is 0.294. The quantitative estimate of drug-likeness (QED) is 0.747. The number of benzene rings is 1. The number of aromatic carboxylic acids is 1. The van der Waals surface area contributed by atoms with Gasteiger partial charge in [-0.1, -0.05) is 6.92 Å². The van der Waals surface area contributed by atoms with E-state index in [1.54, 1.807) is 6.92 Å². The van der Waals surface area contributed by atoms with Crippen LogP contribution in [0.25, 0.3) is 0 Å². The van der Waals surface area contributed by atoms with Crippen LogP contribution in [0.1, 0.15) is 38.1 Å². The van der Waals surface area contributed by atoms with Gasteiger partial charge in [-0.05, 0) is 37.1 Å². The molecule has 0 aliphatic rings. The van der Waals surface area contributed by atoms with Crippen LogP contribution >= 0.6 is 11.3 Å². The summed E-state index contributed by atoms with van der Waals surface area (Å²) in [5.74, 6) is -1.95. The summed E-state index contributed by atoms with van der Waals surface area (Å²) >= 11 is 1.17. The number of methoxy groups -OCH3 is 1. The van der Waals surface area contributed by atoms with E-state index < -0.39 is 18.5 Å². The van der Waals surface area contributed by atoms with Crippen molar-refractivity contribution in [3.63, 3.8) is 0 Å². The first-order valence-corrected chi connectivity index (χ1v) is 8.39. The molecule has 0 unspecified atom stereocenters. The molecule has 0 saturated carbocycles. The van der Waals surface area contributed by atoms with Crippen LogP contribution < -0.4 is 14.8 Å². The van der Waals surface area contributed by atoms with Crippen molar-refractivity contribution in [3.05, 3.63) is 39.8 Å². The second-order valence-electron chi connectivity index (χ2n) is 5.20. The Labute approximate surface area is 152 Å². The maximum atomic E-state index is 12.5. The number of rotatable bonds is 7. The van der Waals surface area contributed by atoms with Gasteiger partial charge in [0.25, 0.3) is 5.91 Å². The molecule has 1 heterocycles. The third-order valence-electron chi connectivity index (χ3n) is 3.65. The lowest BCUT2D eigenvalue weighted by atomic mass is 10.1. The first-order valence-electron chi connectivity index (χ1n) is 7.58. The molecule has 2 rings (SSSR count). The lowest BCUT2D eigenvalue weighted by molar-refractivity contribution is -0.0512. The summed E-state index contributed by atoms with van der Waals surface area (Å²) < 4.78 is 34.0. The van der Waals surface area contributed by atoms with E-state index in [2.05, 4.69) is 10.1 Å². The normalized spacial score (nSPS) is 10.7. The number of carbonyl (C=O) groups is 2. The first kappa shape index (κ1) is 19.6. The molecule has 0 atom stereocenters. The zero-order chi connectivity index (χ0) is 19.4.